The quantitative estimate of drug-likeness (QED) is 0.598. The molecule has 0 aliphatic heterocycles. The van der Waals surface area contributed by atoms with Crippen LogP contribution in [0.1, 0.15) is 12.8 Å². The number of nitrogens with two attached hydrogens (primary N) is 1. The van der Waals surface area contributed by atoms with Crippen LogP contribution >= 0.6 is 0 Å². The third kappa shape index (κ3) is 4.28. The lowest BCUT2D eigenvalue weighted by Crippen LogP contribution is -2.39. The summed E-state index contributed by atoms with van der Waals surface area (Å²) < 4.78 is 6.37. The van der Waals surface area contributed by atoms with Crippen molar-refractivity contribution in [3.05, 3.63) is 36.9 Å². The number of nitrogens with zero attached hydrogens (tertiary/aromatic N) is 4. The Morgan fingerprint density at radius 1 is 1.43 bits per heavy atom. The van der Waals surface area contributed by atoms with Crippen LogP contribution in [0, 0.1) is 0 Å². The zero-order valence-corrected chi connectivity index (χ0v) is 11.8. The van der Waals surface area contributed by atoms with Gasteiger partial charge in [-0.25, -0.2) is 9.97 Å². The molecule has 7 heteroatoms. The highest BCUT2D eigenvalue weighted by atomic mass is 16.5. The minimum absolute atomic E-state index is 0.385. The molecule has 0 aromatic carbocycles. The van der Waals surface area contributed by atoms with Gasteiger partial charge in [-0.2, -0.15) is 0 Å². The molecule has 0 unspecified atom stereocenters. The predicted molar refractivity (Wildman–Crippen MR) is 74.7 cm³/mol. The molecular weight excluding hydrogens is 270 g/mol. The highest BCUT2D eigenvalue weighted by Gasteiger charge is 2.14. The predicted octanol–water partition coefficient (Wildman–Crippen LogP) is 0.107. The fourth-order valence-corrected chi connectivity index (χ4v) is 1.84. The van der Waals surface area contributed by atoms with Gasteiger partial charge in [-0.05, 0) is 17.6 Å². The molecule has 21 heavy (non-hydrogen) atoms. The van der Waals surface area contributed by atoms with Gasteiger partial charge in [-0.15, -0.1) is 0 Å². The molecule has 110 valence electrons. The lowest BCUT2D eigenvalue weighted by Gasteiger charge is -2.06. The van der Waals surface area contributed by atoms with E-state index in [-0.39, 0.29) is 5.97 Å². The molecule has 2 aromatic heterocycles. The van der Waals surface area contributed by atoms with Crippen LogP contribution in [-0.2, 0) is 16.1 Å². The van der Waals surface area contributed by atoms with Crippen LogP contribution in [0.25, 0.3) is 11.4 Å². The van der Waals surface area contributed by atoms with Crippen molar-refractivity contribution in [3.63, 3.8) is 0 Å². The van der Waals surface area contributed by atoms with Gasteiger partial charge in [0.05, 0.1) is 7.11 Å². The van der Waals surface area contributed by atoms with Gasteiger partial charge in [0.2, 0.25) is 0 Å². The third-order valence-corrected chi connectivity index (χ3v) is 3.00. The van der Waals surface area contributed by atoms with Crippen molar-refractivity contribution in [1.82, 2.24) is 15.1 Å². The van der Waals surface area contributed by atoms with Gasteiger partial charge in [0.1, 0.15) is 12.2 Å². The summed E-state index contributed by atoms with van der Waals surface area (Å²) >= 11 is 0. The summed E-state index contributed by atoms with van der Waals surface area (Å²) in [6.07, 6.45) is 8.26. The van der Waals surface area contributed by atoms with Gasteiger partial charge in [0.25, 0.3) is 0 Å². The van der Waals surface area contributed by atoms with E-state index in [2.05, 4.69) is 19.8 Å². The molecule has 0 fully saturated rings. The fraction of sp³-hybridized carbons (Fsp3) is 0.357. The van der Waals surface area contributed by atoms with Gasteiger partial charge in [0, 0.05) is 30.4 Å². The Bertz CT molecular complexity index is 574. The first-order chi connectivity index (χ1) is 10.2. The average molecular weight is 288 g/mol. The van der Waals surface area contributed by atoms with E-state index in [0.717, 1.165) is 12.0 Å². The lowest BCUT2D eigenvalue weighted by molar-refractivity contribution is -0.754. The molecule has 2 aromatic rings. The van der Waals surface area contributed by atoms with Crippen molar-refractivity contribution in [2.24, 2.45) is 5.73 Å². The Balaban J connectivity index is 1.87. The van der Waals surface area contributed by atoms with E-state index >= 15 is 0 Å². The number of hydrogen-bond donors (Lipinski definition) is 1. The van der Waals surface area contributed by atoms with Crippen molar-refractivity contribution in [1.29, 1.82) is 0 Å². The maximum Gasteiger partial charge on any atom is 0.322 e. The Morgan fingerprint density at radius 2 is 2.19 bits per heavy atom. The first-order valence-corrected chi connectivity index (χ1v) is 6.67. The summed E-state index contributed by atoms with van der Waals surface area (Å²) in [6, 6.07) is 3.10. The molecule has 7 nitrogen and oxygen atoms in total. The highest BCUT2D eigenvalue weighted by molar-refractivity contribution is 5.75. The number of hydrogen-bond acceptors (Lipinski definition) is 6. The zero-order valence-electron chi connectivity index (χ0n) is 11.8. The van der Waals surface area contributed by atoms with E-state index in [1.807, 2.05) is 12.3 Å². The van der Waals surface area contributed by atoms with Crippen LogP contribution in [-0.4, -0.2) is 34.2 Å². The Hall–Kier alpha value is -2.41. The summed E-state index contributed by atoms with van der Waals surface area (Å²) in [6.45, 7) is 0.681. The van der Waals surface area contributed by atoms with Crippen molar-refractivity contribution >= 4 is 5.97 Å². The standard InChI is InChI=1S/C14H18N5O2/c1-21-14(20)12(15)4-2-8-19-9-5-11(10-18-19)13-16-6-3-7-17-13/h3,5-7,9-10,12H,2,4,8,15H2,1H3/q+1/t12-/m0/s1. The number of carbonyl (C=O) groups is 1. The molecule has 0 saturated heterocycles. The fourth-order valence-electron chi connectivity index (χ4n) is 1.84. The summed E-state index contributed by atoms with van der Waals surface area (Å²) in [5.41, 5.74) is 6.53. The van der Waals surface area contributed by atoms with E-state index in [0.29, 0.717) is 18.8 Å². The maximum atomic E-state index is 11.2. The van der Waals surface area contributed by atoms with Gasteiger partial charge in [0.15, 0.2) is 18.6 Å². The van der Waals surface area contributed by atoms with Gasteiger partial charge in [-0.1, -0.05) is 4.68 Å². The molecule has 0 spiro atoms. The summed E-state index contributed by atoms with van der Waals surface area (Å²) in [4.78, 5) is 19.5. The number of rotatable bonds is 6. The molecule has 1 atom stereocenters. The third-order valence-electron chi connectivity index (χ3n) is 3.00. The normalized spacial score (nSPS) is 11.9. The Labute approximate surface area is 122 Å². The van der Waals surface area contributed by atoms with E-state index < -0.39 is 6.04 Å². The number of ether oxygens (including phenoxy) is 1. The molecule has 2 N–H and O–H groups in total. The minimum Gasteiger partial charge on any atom is -0.468 e. The van der Waals surface area contributed by atoms with E-state index in [9.17, 15) is 4.79 Å². The van der Waals surface area contributed by atoms with E-state index in [1.54, 1.807) is 29.3 Å². The van der Waals surface area contributed by atoms with Crippen molar-refractivity contribution < 1.29 is 14.2 Å². The number of aryl methyl sites for hydroxylation is 1. The van der Waals surface area contributed by atoms with Crippen LogP contribution < -0.4 is 10.4 Å². The Morgan fingerprint density at radius 3 is 2.81 bits per heavy atom. The van der Waals surface area contributed by atoms with E-state index in [4.69, 9.17) is 5.73 Å². The van der Waals surface area contributed by atoms with E-state index in [1.165, 1.54) is 7.11 Å². The van der Waals surface area contributed by atoms with Crippen LogP contribution in [0.15, 0.2) is 36.9 Å². The molecule has 0 aliphatic carbocycles. The highest BCUT2D eigenvalue weighted by Crippen LogP contribution is 2.09. The van der Waals surface area contributed by atoms with Crippen LogP contribution in [0.2, 0.25) is 0 Å². The number of esters is 1. The number of carbonyl (C=O) groups excluding carboxylic acids is 1. The lowest BCUT2D eigenvalue weighted by atomic mass is 10.2. The monoisotopic (exact) mass is 288 g/mol. The minimum atomic E-state index is -0.576. The average Bonchev–Trinajstić information content (AvgIpc) is 2.55. The van der Waals surface area contributed by atoms with Gasteiger partial charge in [-0.3, -0.25) is 4.79 Å². The van der Waals surface area contributed by atoms with Crippen molar-refractivity contribution in [3.8, 4) is 11.4 Å². The SMILES string of the molecule is COC(=O)[C@@H](N)CCC[n+]1ccc(-c2ncccn2)cn1. The second kappa shape index (κ2) is 7.39. The first-order valence-electron chi connectivity index (χ1n) is 6.67. The zero-order chi connectivity index (χ0) is 15.1. The summed E-state index contributed by atoms with van der Waals surface area (Å²) in [7, 11) is 1.34. The van der Waals surface area contributed by atoms with Crippen molar-refractivity contribution in [2.45, 2.75) is 25.4 Å². The molecule has 0 saturated carbocycles. The van der Waals surface area contributed by atoms with Crippen LogP contribution in [0.3, 0.4) is 0 Å². The van der Waals surface area contributed by atoms with Crippen LogP contribution in [0.5, 0.6) is 0 Å². The second-order valence-corrected chi connectivity index (χ2v) is 4.52. The molecule has 0 aliphatic rings. The molecule has 0 amide bonds. The summed E-state index contributed by atoms with van der Waals surface area (Å²) in [5.74, 6) is 0.259. The van der Waals surface area contributed by atoms with Crippen LogP contribution in [0.4, 0.5) is 0 Å². The second-order valence-electron chi connectivity index (χ2n) is 4.52. The number of methoxy groups -OCH3 is 1. The topological polar surface area (TPSA) is 94.9 Å². The smallest absolute Gasteiger partial charge is 0.322 e. The first kappa shape index (κ1) is 15.0. The van der Waals surface area contributed by atoms with Gasteiger partial charge < -0.3 is 10.5 Å². The maximum absolute atomic E-state index is 11.2. The molecule has 0 radical (unpaired) electrons. The Kier molecular flexibility index (Phi) is 5.28. The molecule has 0 bridgehead atoms. The molecular formula is C14H18N5O2+. The summed E-state index contributed by atoms with van der Waals surface area (Å²) in [5, 5.41) is 4.30. The molecule has 2 heterocycles. The number of aromatic nitrogens is 4. The largest absolute Gasteiger partial charge is 0.468 e. The molecule has 2 rings (SSSR count). The van der Waals surface area contributed by atoms with Gasteiger partial charge >= 0.3 is 5.97 Å². The van der Waals surface area contributed by atoms with Crippen molar-refractivity contribution in [2.75, 3.05) is 7.11 Å².